The summed E-state index contributed by atoms with van der Waals surface area (Å²) in [5.74, 6) is 1.33. The molecule has 2 aliphatic heterocycles. The minimum atomic E-state index is -0.379. The smallest absolute Gasteiger partial charge is 0.234 e. The summed E-state index contributed by atoms with van der Waals surface area (Å²) < 4.78 is 5.50. The summed E-state index contributed by atoms with van der Waals surface area (Å²) in [6.45, 7) is 6.68. The van der Waals surface area contributed by atoms with E-state index in [2.05, 4.69) is 33.6 Å². The number of methoxy groups -OCH3 is 1. The number of nitrogens with zero attached hydrogens (tertiary/aromatic N) is 2. The summed E-state index contributed by atoms with van der Waals surface area (Å²) in [6.07, 6.45) is 8.52. The largest absolute Gasteiger partial charge is 0.496 e. The fraction of sp³-hybridized carbons (Fsp3) is 0.515. The van der Waals surface area contributed by atoms with Crippen LogP contribution in [-0.2, 0) is 16.0 Å². The number of aryl methyl sites for hydroxylation is 1. The zero-order chi connectivity index (χ0) is 28.8. The molecule has 0 bridgehead atoms. The van der Waals surface area contributed by atoms with Crippen LogP contribution < -0.4 is 15.4 Å². The Morgan fingerprint density at radius 1 is 1.07 bits per heavy atom. The molecule has 3 atom stereocenters. The van der Waals surface area contributed by atoms with Crippen LogP contribution in [0.2, 0.25) is 0 Å². The molecule has 3 unspecified atom stereocenters. The third-order valence-electron chi connectivity index (χ3n) is 9.00. The van der Waals surface area contributed by atoms with Crippen molar-refractivity contribution in [2.45, 2.75) is 76.9 Å². The van der Waals surface area contributed by atoms with Gasteiger partial charge in [0.15, 0.2) is 0 Å². The van der Waals surface area contributed by atoms with Gasteiger partial charge in [0.1, 0.15) is 5.75 Å². The van der Waals surface area contributed by atoms with Crippen LogP contribution >= 0.6 is 0 Å². The molecular weight excluding hydrogens is 514 g/mol. The number of para-hydroxylation sites is 2. The third kappa shape index (κ3) is 6.60. The maximum Gasteiger partial charge on any atom is 0.234 e. The number of piperidine rings is 2. The lowest BCUT2D eigenvalue weighted by Gasteiger charge is -2.50. The summed E-state index contributed by atoms with van der Waals surface area (Å²) >= 11 is 0. The van der Waals surface area contributed by atoms with E-state index in [4.69, 9.17) is 4.74 Å². The molecule has 1 aromatic heterocycles. The molecule has 8 heteroatoms. The van der Waals surface area contributed by atoms with Gasteiger partial charge in [-0.25, -0.2) is 5.01 Å². The fourth-order valence-corrected chi connectivity index (χ4v) is 6.97. The summed E-state index contributed by atoms with van der Waals surface area (Å²) in [7, 11) is 1.65. The number of benzene rings is 2. The average molecular weight is 560 g/mol. The zero-order valence-corrected chi connectivity index (χ0v) is 24.7. The molecule has 2 aliphatic rings. The Balaban J connectivity index is 1.43. The summed E-state index contributed by atoms with van der Waals surface area (Å²) in [5.41, 5.74) is 3.02. The number of hydrogen-bond acceptors (Lipinski definition) is 5. The first-order valence-corrected chi connectivity index (χ1v) is 15.2. The number of amides is 2. The number of carbonyl (C=O) groups excluding carboxylic acids is 2. The number of aromatic amines is 1. The molecule has 2 saturated heterocycles. The molecule has 2 amide bonds. The number of carbonyl (C=O) groups is 2. The van der Waals surface area contributed by atoms with E-state index in [0.717, 1.165) is 73.1 Å². The summed E-state index contributed by atoms with van der Waals surface area (Å²) in [5, 5.41) is 12.2. The molecule has 0 radical (unpaired) electrons. The van der Waals surface area contributed by atoms with E-state index in [1.807, 2.05) is 53.7 Å². The Morgan fingerprint density at radius 2 is 1.83 bits per heavy atom. The molecule has 2 fully saturated rings. The molecule has 0 aliphatic carbocycles. The number of hydrazine groups is 1. The van der Waals surface area contributed by atoms with Crippen molar-refractivity contribution in [3.63, 3.8) is 0 Å². The van der Waals surface area contributed by atoms with E-state index in [1.165, 1.54) is 6.42 Å². The van der Waals surface area contributed by atoms with Crippen molar-refractivity contribution in [3.05, 3.63) is 65.9 Å². The van der Waals surface area contributed by atoms with Gasteiger partial charge in [-0.15, -0.1) is 0 Å². The molecule has 0 spiro atoms. The van der Waals surface area contributed by atoms with Gasteiger partial charge in [0.2, 0.25) is 11.8 Å². The van der Waals surface area contributed by atoms with Crippen LogP contribution in [0.3, 0.4) is 0 Å². The molecule has 3 aromatic rings. The highest BCUT2D eigenvalue weighted by atomic mass is 16.5. The lowest BCUT2D eigenvalue weighted by atomic mass is 9.85. The molecule has 8 nitrogen and oxygen atoms in total. The van der Waals surface area contributed by atoms with Gasteiger partial charge >= 0.3 is 0 Å². The van der Waals surface area contributed by atoms with E-state index in [1.54, 1.807) is 14.0 Å². The normalized spacial score (nSPS) is 19.9. The minimum absolute atomic E-state index is 0.0199. The Bertz CT molecular complexity index is 1320. The Morgan fingerprint density at radius 3 is 2.61 bits per heavy atom. The van der Waals surface area contributed by atoms with Crippen LogP contribution in [0, 0.1) is 5.92 Å². The van der Waals surface area contributed by atoms with Gasteiger partial charge in [-0.1, -0.05) is 42.8 Å². The predicted molar refractivity (Wildman–Crippen MR) is 162 cm³/mol. The minimum Gasteiger partial charge on any atom is -0.496 e. The van der Waals surface area contributed by atoms with Crippen LogP contribution in [0.1, 0.15) is 69.5 Å². The van der Waals surface area contributed by atoms with Gasteiger partial charge in [0.05, 0.1) is 19.2 Å². The second kappa shape index (κ2) is 13.5. The van der Waals surface area contributed by atoms with Crippen LogP contribution in [0.4, 0.5) is 0 Å². The Labute approximate surface area is 243 Å². The standard InChI is InChI=1S/C33H45N5O3/c1-23(38(24(2)39)37-21-9-8-13-30(37)25-17-19-34-20-18-25)33(28-22-35-29-12-6-5-11-27(28)29)36-32(40)16-15-26-10-4-7-14-31(26)41-3/h4-7,10-12,14,22-23,25,30,33-35H,8-9,13,15-21H2,1-3H3,(H,36,40). The highest BCUT2D eigenvalue weighted by molar-refractivity contribution is 5.85. The second-order valence-electron chi connectivity index (χ2n) is 11.6. The van der Waals surface area contributed by atoms with Crippen LogP contribution in [0.25, 0.3) is 10.9 Å². The van der Waals surface area contributed by atoms with E-state index < -0.39 is 0 Å². The predicted octanol–water partition coefficient (Wildman–Crippen LogP) is 4.97. The average Bonchev–Trinajstić information content (AvgIpc) is 3.43. The molecule has 5 rings (SSSR count). The second-order valence-corrected chi connectivity index (χ2v) is 11.6. The SMILES string of the molecule is COc1ccccc1CCC(=O)NC(c1c[nH]c2ccccc12)C(C)N(C(C)=O)N1CCCCC1C1CCNCC1. The van der Waals surface area contributed by atoms with Gasteiger partial charge < -0.3 is 20.4 Å². The van der Waals surface area contributed by atoms with Gasteiger partial charge in [-0.2, -0.15) is 0 Å². The Kier molecular flexibility index (Phi) is 9.62. The lowest BCUT2D eigenvalue weighted by molar-refractivity contribution is -0.169. The highest BCUT2D eigenvalue weighted by Gasteiger charge is 2.39. The van der Waals surface area contributed by atoms with Crippen LogP contribution in [0.5, 0.6) is 5.75 Å². The number of nitrogens with one attached hydrogen (secondary N) is 3. The number of ether oxygens (including phenoxy) is 1. The Hall–Kier alpha value is -3.36. The first-order chi connectivity index (χ1) is 20.0. The lowest BCUT2D eigenvalue weighted by Crippen LogP contribution is -2.61. The van der Waals surface area contributed by atoms with E-state index >= 15 is 0 Å². The quantitative estimate of drug-likeness (QED) is 0.326. The summed E-state index contributed by atoms with van der Waals surface area (Å²) in [6, 6.07) is 15.7. The van der Waals surface area contributed by atoms with Crippen LogP contribution in [0.15, 0.2) is 54.7 Å². The third-order valence-corrected chi connectivity index (χ3v) is 9.00. The van der Waals surface area contributed by atoms with Gasteiger partial charge in [-0.3, -0.25) is 14.6 Å². The maximum absolute atomic E-state index is 13.6. The zero-order valence-electron chi connectivity index (χ0n) is 24.7. The van der Waals surface area contributed by atoms with Crippen molar-refractivity contribution in [3.8, 4) is 5.75 Å². The van der Waals surface area contributed by atoms with Gasteiger partial charge in [-0.05, 0) is 75.7 Å². The first-order valence-electron chi connectivity index (χ1n) is 15.2. The molecule has 3 heterocycles. The van der Waals surface area contributed by atoms with Gasteiger partial charge in [0.25, 0.3) is 0 Å². The number of fused-ring (bicyclic) bond motifs is 1. The molecule has 41 heavy (non-hydrogen) atoms. The van der Waals surface area contributed by atoms with Crippen molar-refractivity contribution in [1.82, 2.24) is 25.6 Å². The van der Waals surface area contributed by atoms with E-state index in [0.29, 0.717) is 24.8 Å². The summed E-state index contributed by atoms with van der Waals surface area (Å²) in [4.78, 5) is 30.4. The fourth-order valence-electron chi connectivity index (χ4n) is 6.97. The van der Waals surface area contributed by atoms with Crippen molar-refractivity contribution in [2.24, 2.45) is 5.92 Å². The number of aromatic nitrogens is 1. The van der Waals surface area contributed by atoms with Crippen molar-refractivity contribution < 1.29 is 14.3 Å². The molecule has 2 aromatic carbocycles. The monoisotopic (exact) mass is 559 g/mol. The number of hydrogen-bond donors (Lipinski definition) is 3. The van der Waals surface area contributed by atoms with Crippen LogP contribution in [-0.4, -0.2) is 65.6 Å². The molecule has 220 valence electrons. The number of H-pyrrole nitrogens is 1. The molecule has 3 N–H and O–H groups in total. The number of rotatable bonds is 10. The highest BCUT2D eigenvalue weighted by Crippen LogP contribution is 2.35. The topological polar surface area (TPSA) is 89.7 Å². The first kappa shape index (κ1) is 29.1. The van der Waals surface area contributed by atoms with Crippen molar-refractivity contribution in [2.75, 3.05) is 26.7 Å². The van der Waals surface area contributed by atoms with Crippen molar-refractivity contribution >= 4 is 22.7 Å². The maximum atomic E-state index is 13.6. The van der Waals surface area contributed by atoms with E-state index in [9.17, 15) is 9.59 Å². The van der Waals surface area contributed by atoms with E-state index in [-0.39, 0.29) is 23.9 Å². The van der Waals surface area contributed by atoms with Gasteiger partial charge in [0, 0.05) is 48.6 Å². The molecule has 0 saturated carbocycles. The van der Waals surface area contributed by atoms with Crippen molar-refractivity contribution in [1.29, 1.82) is 0 Å². The molecular formula is C33H45N5O3.